The lowest BCUT2D eigenvalue weighted by atomic mass is 9.95. The molecule has 2 aliphatic heterocycles. The van der Waals surface area contributed by atoms with Crippen molar-refractivity contribution in [1.82, 2.24) is 19.8 Å². The fourth-order valence-electron chi connectivity index (χ4n) is 3.95. The van der Waals surface area contributed by atoms with Gasteiger partial charge >= 0.3 is 0 Å². The van der Waals surface area contributed by atoms with Gasteiger partial charge in [0.25, 0.3) is 5.91 Å². The van der Waals surface area contributed by atoms with Crippen molar-refractivity contribution >= 4 is 5.91 Å². The van der Waals surface area contributed by atoms with Crippen LogP contribution in [0.4, 0.5) is 0 Å². The summed E-state index contributed by atoms with van der Waals surface area (Å²) in [6, 6.07) is 7.37. The summed E-state index contributed by atoms with van der Waals surface area (Å²) in [6.07, 6.45) is 4.82. The van der Waals surface area contributed by atoms with E-state index in [2.05, 4.69) is 16.9 Å². The molecular formula is C21H26N4O2. The summed E-state index contributed by atoms with van der Waals surface area (Å²) in [5, 5.41) is 0. The zero-order chi connectivity index (χ0) is 18.8. The van der Waals surface area contributed by atoms with Gasteiger partial charge in [-0.15, -0.1) is 0 Å². The van der Waals surface area contributed by atoms with Gasteiger partial charge in [-0.3, -0.25) is 4.79 Å². The molecule has 1 fully saturated rings. The lowest BCUT2D eigenvalue weighted by Crippen LogP contribution is -2.38. The Bertz CT molecular complexity index is 831. The maximum atomic E-state index is 12.8. The van der Waals surface area contributed by atoms with Gasteiger partial charge in [-0.1, -0.05) is 6.07 Å². The lowest BCUT2D eigenvalue weighted by molar-refractivity contribution is 0.0710. The fraction of sp³-hybridized carbons (Fsp3) is 0.476. The van der Waals surface area contributed by atoms with Gasteiger partial charge in [0.15, 0.2) is 0 Å². The van der Waals surface area contributed by atoms with E-state index < -0.39 is 0 Å². The molecule has 0 aliphatic carbocycles. The summed E-state index contributed by atoms with van der Waals surface area (Å²) < 4.78 is 5.23. The van der Waals surface area contributed by atoms with Gasteiger partial charge in [0, 0.05) is 61.5 Å². The number of hydrogen-bond acceptors (Lipinski definition) is 5. The molecule has 0 spiro atoms. The van der Waals surface area contributed by atoms with Crippen molar-refractivity contribution in [1.29, 1.82) is 0 Å². The van der Waals surface area contributed by atoms with Crippen LogP contribution in [-0.2, 0) is 13.0 Å². The first-order valence-electron chi connectivity index (χ1n) is 9.60. The molecule has 1 aromatic heterocycles. The number of benzene rings is 1. The van der Waals surface area contributed by atoms with E-state index in [4.69, 9.17) is 9.72 Å². The number of nitrogens with zero attached hydrogens (tertiary/aromatic N) is 4. The quantitative estimate of drug-likeness (QED) is 0.835. The summed E-state index contributed by atoms with van der Waals surface area (Å²) in [5.41, 5.74) is 3.13. The number of likely N-dealkylation sites (tertiary alicyclic amines) is 1. The fourth-order valence-corrected chi connectivity index (χ4v) is 3.95. The molecule has 0 N–H and O–H groups in total. The van der Waals surface area contributed by atoms with Crippen LogP contribution in [0, 0.1) is 0 Å². The predicted octanol–water partition coefficient (Wildman–Crippen LogP) is 2.49. The van der Waals surface area contributed by atoms with Gasteiger partial charge in [0.1, 0.15) is 11.6 Å². The van der Waals surface area contributed by atoms with Crippen molar-refractivity contribution in [3.63, 3.8) is 0 Å². The second-order valence-corrected chi connectivity index (χ2v) is 7.49. The Morgan fingerprint density at radius 2 is 2.04 bits per heavy atom. The van der Waals surface area contributed by atoms with E-state index in [-0.39, 0.29) is 5.91 Å². The summed E-state index contributed by atoms with van der Waals surface area (Å²) in [7, 11) is 3.75. The number of piperidine rings is 1. The minimum absolute atomic E-state index is 0.0711. The summed E-state index contributed by atoms with van der Waals surface area (Å²) in [5.74, 6) is 2.07. The summed E-state index contributed by atoms with van der Waals surface area (Å²) in [6.45, 7) is 3.47. The maximum Gasteiger partial charge on any atom is 0.253 e. The van der Waals surface area contributed by atoms with Gasteiger partial charge in [-0.05, 0) is 38.1 Å². The van der Waals surface area contributed by atoms with Gasteiger partial charge < -0.3 is 14.5 Å². The van der Waals surface area contributed by atoms with Crippen molar-refractivity contribution in [3.8, 4) is 5.75 Å². The zero-order valence-electron chi connectivity index (χ0n) is 16.0. The smallest absolute Gasteiger partial charge is 0.253 e. The predicted molar refractivity (Wildman–Crippen MR) is 103 cm³/mol. The molecule has 27 heavy (non-hydrogen) atoms. The van der Waals surface area contributed by atoms with Gasteiger partial charge in [0.05, 0.1) is 7.11 Å². The number of carbonyl (C=O) groups excluding carboxylic acids is 1. The van der Waals surface area contributed by atoms with Crippen molar-refractivity contribution < 1.29 is 9.53 Å². The molecule has 6 heteroatoms. The van der Waals surface area contributed by atoms with E-state index in [1.54, 1.807) is 13.2 Å². The Morgan fingerprint density at radius 1 is 1.22 bits per heavy atom. The minimum Gasteiger partial charge on any atom is -0.497 e. The molecule has 0 radical (unpaired) electrons. The van der Waals surface area contributed by atoms with E-state index >= 15 is 0 Å². The maximum absolute atomic E-state index is 12.8. The molecule has 0 atom stereocenters. The number of ether oxygens (including phenoxy) is 1. The van der Waals surface area contributed by atoms with Crippen LogP contribution in [0.5, 0.6) is 5.75 Å². The number of rotatable bonds is 3. The molecule has 3 heterocycles. The Kier molecular flexibility index (Phi) is 5.07. The third kappa shape index (κ3) is 3.81. The molecule has 1 saturated heterocycles. The number of methoxy groups -OCH3 is 1. The Balaban J connectivity index is 1.41. The van der Waals surface area contributed by atoms with E-state index in [0.717, 1.165) is 51.3 Å². The van der Waals surface area contributed by atoms with Crippen LogP contribution in [0.25, 0.3) is 0 Å². The van der Waals surface area contributed by atoms with Crippen LogP contribution in [0.3, 0.4) is 0 Å². The average molecular weight is 366 g/mol. The van der Waals surface area contributed by atoms with Crippen LogP contribution >= 0.6 is 0 Å². The second kappa shape index (κ2) is 7.64. The average Bonchev–Trinajstić information content (AvgIpc) is 2.73. The molecule has 6 nitrogen and oxygen atoms in total. The second-order valence-electron chi connectivity index (χ2n) is 7.49. The van der Waals surface area contributed by atoms with E-state index in [1.165, 1.54) is 11.3 Å². The van der Waals surface area contributed by atoms with Crippen molar-refractivity contribution in [2.75, 3.05) is 33.8 Å². The van der Waals surface area contributed by atoms with Crippen LogP contribution < -0.4 is 4.74 Å². The van der Waals surface area contributed by atoms with Crippen LogP contribution in [0.2, 0.25) is 0 Å². The van der Waals surface area contributed by atoms with Crippen LogP contribution in [-0.4, -0.2) is 59.5 Å². The Labute approximate surface area is 160 Å². The largest absolute Gasteiger partial charge is 0.497 e. The van der Waals surface area contributed by atoms with Crippen LogP contribution in [0.15, 0.2) is 30.5 Å². The number of amides is 1. The van der Waals surface area contributed by atoms with Gasteiger partial charge in [-0.25, -0.2) is 9.97 Å². The molecule has 2 aromatic rings. The monoisotopic (exact) mass is 366 g/mol. The Hall–Kier alpha value is -2.47. The first kappa shape index (κ1) is 17.9. The highest BCUT2D eigenvalue weighted by molar-refractivity contribution is 5.94. The third-order valence-electron chi connectivity index (χ3n) is 5.61. The first-order chi connectivity index (χ1) is 13.1. The molecule has 2 aliphatic rings. The molecular weight excluding hydrogens is 340 g/mol. The number of aromatic nitrogens is 2. The molecule has 1 aromatic carbocycles. The highest BCUT2D eigenvalue weighted by Crippen LogP contribution is 2.28. The normalized spacial score (nSPS) is 18.2. The highest BCUT2D eigenvalue weighted by atomic mass is 16.5. The van der Waals surface area contributed by atoms with Crippen molar-refractivity contribution in [2.45, 2.75) is 31.7 Å². The number of likely N-dealkylation sites (N-methyl/N-ethyl adjacent to an activating group) is 1. The van der Waals surface area contributed by atoms with Crippen LogP contribution in [0.1, 0.15) is 46.2 Å². The highest BCUT2D eigenvalue weighted by Gasteiger charge is 2.27. The van der Waals surface area contributed by atoms with Crippen molar-refractivity contribution in [2.24, 2.45) is 0 Å². The molecule has 0 unspecified atom stereocenters. The topological polar surface area (TPSA) is 58.6 Å². The minimum atomic E-state index is 0.0711. The molecule has 4 rings (SSSR count). The molecule has 142 valence electrons. The van der Waals surface area contributed by atoms with Crippen molar-refractivity contribution in [3.05, 3.63) is 53.1 Å². The van der Waals surface area contributed by atoms with E-state index in [9.17, 15) is 4.79 Å². The molecule has 1 amide bonds. The van der Waals surface area contributed by atoms with Gasteiger partial charge in [0.2, 0.25) is 0 Å². The third-order valence-corrected chi connectivity index (χ3v) is 5.61. The van der Waals surface area contributed by atoms with E-state index in [0.29, 0.717) is 17.2 Å². The number of hydrogen-bond donors (Lipinski definition) is 0. The molecule has 0 bridgehead atoms. The number of fused-ring (bicyclic) bond motifs is 1. The molecule has 0 saturated carbocycles. The SMILES string of the molecule is COc1cccc(C(=O)N2CCC(c3ncc4c(n3)CCN(C)C4)CC2)c1. The lowest BCUT2D eigenvalue weighted by Gasteiger charge is -2.32. The number of carbonyl (C=O) groups is 1. The first-order valence-corrected chi connectivity index (χ1v) is 9.60. The van der Waals surface area contributed by atoms with E-state index in [1.807, 2.05) is 29.3 Å². The summed E-state index contributed by atoms with van der Waals surface area (Å²) in [4.78, 5) is 26.5. The standard InChI is InChI=1S/C21H26N4O2/c1-24-9-8-19-17(14-24)13-22-20(23-19)15-6-10-25(11-7-15)21(26)16-4-3-5-18(12-16)27-2/h3-5,12-13,15H,6-11,14H2,1-2H3. The van der Waals surface area contributed by atoms with Gasteiger partial charge in [-0.2, -0.15) is 0 Å². The summed E-state index contributed by atoms with van der Waals surface area (Å²) >= 11 is 0. The zero-order valence-corrected chi connectivity index (χ0v) is 16.0. The Morgan fingerprint density at radius 3 is 2.81 bits per heavy atom.